The number of fused-ring (bicyclic) bond motifs is 1. The van der Waals surface area contributed by atoms with E-state index in [0.29, 0.717) is 5.75 Å². The summed E-state index contributed by atoms with van der Waals surface area (Å²) in [6, 6.07) is 2.25. The van der Waals surface area contributed by atoms with Gasteiger partial charge in [0.15, 0.2) is 0 Å². The molecule has 1 aliphatic rings. The van der Waals surface area contributed by atoms with Crippen LogP contribution in [-0.2, 0) is 11.8 Å². The van der Waals surface area contributed by atoms with Gasteiger partial charge in [-0.15, -0.1) is 0 Å². The van der Waals surface area contributed by atoms with Crippen LogP contribution in [0.15, 0.2) is 6.07 Å². The van der Waals surface area contributed by atoms with E-state index in [9.17, 15) is 5.11 Å². The number of rotatable bonds is 0. The molecule has 0 radical (unpaired) electrons. The first-order valence-corrected chi connectivity index (χ1v) is 5.26. The SMILES string of the molecule is Cc1cc2c(c(O)c1C)CCC2(C)C. The molecule has 0 atom stereocenters. The first-order valence-electron chi connectivity index (χ1n) is 5.26. The normalized spacial score (nSPS) is 18.3. The van der Waals surface area contributed by atoms with Gasteiger partial charge in [-0.25, -0.2) is 0 Å². The summed E-state index contributed by atoms with van der Waals surface area (Å²) in [6.07, 6.45) is 2.17. The molecule has 1 aliphatic carbocycles. The Morgan fingerprint density at radius 2 is 1.93 bits per heavy atom. The minimum atomic E-state index is 0.241. The fraction of sp³-hybridized carbons (Fsp3) is 0.538. The van der Waals surface area contributed by atoms with Gasteiger partial charge in [0.2, 0.25) is 0 Å². The van der Waals surface area contributed by atoms with E-state index in [1.54, 1.807) is 0 Å². The summed E-state index contributed by atoms with van der Waals surface area (Å²) in [5.74, 6) is 0.533. The van der Waals surface area contributed by atoms with Crippen LogP contribution in [0.4, 0.5) is 0 Å². The molecule has 0 aromatic heterocycles. The average Bonchev–Trinajstić information content (AvgIpc) is 2.39. The molecule has 1 nitrogen and oxygen atoms in total. The fourth-order valence-corrected chi connectivity index (χ4v) is 2.38. The highest BCUT2D eigenvalue weighted by molar-refractivity contribution is 5.53. The van der Waals surface area contributed by atoms with Gasteiger partial charge >= 0.3 is 0 Å². The zero-order valence-electron chi connectivity index (χ0n) is 9.44. The maximum absolute atomic E-state index is 10.0. The molecule has 1 N–H and O–H groups in total. The standard InChI is InChI=1S/C13H18O/c1-8-7-11-10(12(14)9(8)2)5-6-13(11,3)4/h7,14H,5-6H2,1-4H3. The molecule has 0 saturated heterocycles. The van der Waals surface area contributed by atoms with E-state index >= 15 is 0 Å². The van der Waals surface area contributed by atoms with Gasteiger partial charge in [-0.1, -0.05) is 19.9 Å². The third-order valence-corrected chi connectivity index (χ3v) is 3.65. The Morgan fingerprint density at radius 1 is 1.29 bits per heavy atom. The third-order valence-electron chi connectivity index (χ3n) is 3.65. The van der Waals surface area contributed by atoms with Crippen LogP contribution >= 0.6 is 0 Å². The van der Waals surface area contributed by atoms with E-state index in [1.807, 2.05) is 6.92 Å². The lowest BCUT2D eigenvalue weighted by atomic mass is 9.85. The number of hydrogen-bond acceptors (Lipinski definition) is 1. The second-order valence-electron chi connectivity index (χ2n) is 5.08. The topological polar surface area (TPSA) is 20.2 Å². The van der Waals surface area contributed by atoms with Crippen LogP contribution in [0.25, 0.3) is 0 Å². The molecule has 0 unspecified atom stereocenters. The molecule has 14 heavy (non-hydrogen) atoms. The summed E-state index contributed by atoms with van der Waals surface area (Å²) < 4.78 is 0. The summed E-state index contributed by atoms with van der Waals surface area (Å²) >= 11 is 0. The van der Waals surface area contributed by atoms with Crippen LogP contribution in [0.5, 0.6) is 5.75 Å². The molecular weight excluding hydrogens is 172 g/mol. The van der Waals surface area contributed by atoms with Crippen molar-refractivity contribution in [3.8, 4) is 5.75 Å². The lowest BCUT2D eigenvalue weighted by molar-refractivity contribution is 0.464. The number of phenolic OH excluding ortho intramolecular Hbond substituents is 1. The van der Waals surface area contributed by atoms with E-state index in [2.05, 4.69) is 26.8 Å². The average molecular weight is 190 g/mol. The lowest BCUT2D eigenvalue weighted by Gasteiger charge is -2.20. The number of aromatic hydroxyl groups is 1. The molecular formula is C13H18O. The van der Waals surface area contributed by atoms with E-state index in [4.69, 9.17) is 0 Å². The summed E-state index contributed by atoms with van der Waals surface area (Å²) in [4.78, 5) is 0. The summed E-state index contributed by atoms with van der Waals surface area (Å²) in [5, 5.41) is 10.0. The van der Waals surface area contributed by atoms with E-state index < -0.39 is 0 Å². The predicted molar refractivity (Wildman–Crippen MR) is 58.9 cm³/mol. The predicted octanol–water partition coefficient (Wildman–Crippen LogP) is 3.23. The zero-order valence-corrected chi connectivity index (χ0v) is 9.44. The Balaban J connectivity index is 2.71. The highest BCUT2D eigenvalue weighted by Crippen LogP contribution is 2.44. The number of phenols is 1. The maximum Gasteiger partial charge on any atom is 0.122 e. The highest BCUT2D eigenvalue weighted by atomic mass is 16.3. The quantitative estimate of drug-likeness (QED) is 0.666. The minimum absolute atomic E-state index is 0.241. The molecule has 0 saturated carbocycles. The van der Waals surface area contributed by atoms with Crippen molar-refractivity contribution in [2.24, 2.45) is 0 Å². The molecule has 0 spiro atoms. The van der Waals surface area contributed by atoms with Gasteiger partial charge in [0.1, 0.15) is 5.75 Å². The van der Waals surface area contributed by atoms with Crippen molar-refractivity contribution in [3.05, 3.63) is 28.3 Å². The Morgan fingerprint density at radius 3 is 2.57 bits per heavy atom. The van der Waals surface area contributed by atoms with Gasteiger partial charge in [-0.3, -0.25) is 0 Å². The number of aryl methyl sites for hydroxylation is 1. The Labute approximate surface area is 85.8 Å². The van der Waals surface area contributed by atoms with Crippen molar-refractivity contribution in [2.75, 3.05) is 0 Å². The van der Waals surface area contributed by atoms with Gasteiger partial charge < -0.3 is 5.11 Å². The summed E-state index contributed by atoms with van der Waals surface area (Å²) in [7, 11) is 0. The fourth-order valence-electron chi connectivity index (χ4n) is 2.38. The molecule has 0 aliphatic heterocycles. The molecule has 0 bridgehead atoms. The van der Waals surface area contributed by atoms with Crippen LogP contribution in [0.1, 0.15) is 42.5 Å². The zero-order chi connectivity index (χ0) is 10.5. The molecule has 1 aromatic rings. The maximum atomic E-state index is 10.0. The van der Waals surface area contributed by atoms with Crippen LogP contribution in [0, 0.1) is 13.8 Å². The van der Waals surface area contributed by atoms with Gasteiger partial charge in [-0.05, 0) is 54.4 Å². The van der Waals surface area contributed by atoms with Crippen molar-refractivity contribution in [1.82, 2.24) is 0 Å². The molecule has 0 heterocycles. The Hall–Kier alpha value is -0.980. The molecule has 2 rings (SSSR count). The highest BCUT2D eigenvalue weighted by Gasteiger charge is 2.32. The number of hydrogen-bond donors (Lipinski definition) is 1. The molecule has 0 amide bonds. The van der Waals surface area contributed by atoms with Crippen molar-refractivity contribution < 1.29 is 5.11 Å². The first-order chi connectivity index (χ1) is 6.43. The number of benzene rings is 1. The molecule has 0 fully saturated rings. The van der Waals surface area contributed by atoms with Gasteiger partial charge in [0.25, 0.3) is 0 Å². The summed E-state index contributed by atoms with van der Waals surface area (Å²) in [5.41, 5.74) is 5.01. The van der Waals surface area contributed by atoms with Gasteiger partial charge in [0.05, 0.1) is 0 Å². The van der Waals surface area contributed by atoms with Crippen LogP contribution < -0.4 is 0 Å². The Kier molecular flexibility index (Phi) is 1.88. The monoisotopic (exact) mass is 190 g/mol. The molecule has 76 valence electrons. The second-order valence-corrected chi connectivity index (χ2v) is 5.08. The largest absolute Gasteiger partial charge is 0.507 e. The van der Waals surface area contributed by atoms with E-state index in [-0.39, 0.29) is 5.41 Å². The molecule has 1 heteroatoms. The molecule has 1 aromatic carbocycles. The lowest BCUT2D eigenvalue weighted by Crippen LogP contribution is -2.12. The Bertz CT molecular complexity index is 389. The van der Waals surface area contributed by atoms with Crippen molar-refractivity contribution >= 4 is 0 Å². The first kappa shape index (κ1) is 9.57. The van der Waals surface area contributed by atoms with Gasteiger partial charge in [0, 0.05) is 0 Å². The third kappa shape index (κ3) is 1.15. The smallest absolute Gasteiger partial charge is 0.122 e. The van der Waals surface area contributed by atoms with E-state index in [0.717, 1.165) is 18.4 Å². The van der Waals surface area contributed by atoms with Crippen molar-refractivity contribution in [2.45, 2.75) is 46.0 Å². The van der Waals surface area contributed by atoms with Crippen LogP contribution in [0.3, 0.4) is 0 Å². The van der Waals surface area contributed by atoms with Crippen molar-refractivity contribution in [1.29, 1.82) is 0 Å². The summed E-state index contributed by atoms with van der Waals surface area (Å²) in [6.45, 7) is 8.58. The van der Waals surface area contributed by atoms with Crippen LogP contribution in [-0.4, -0.2) is 5.11 Å². The van der Waals surface area contributed by atoms with Crippen LogP contribution in [0.2, 0.25) is 0 Å². The van der Waals surface area contributed by atoms with Gasteiger partial charge in [-0.2, -0.15) is 0 Å². The van der Waals surface area contributed by atoms with Crippen molar-refractivity contribution in [3.63, 3.8) is 0 Å². The van der Waals surface area contributed by atoms with E-state index in [1.165, 1.54) is 16.7 Å². The minimum Gasteiger partial charge on any atom is -0.507 e. The second kappa shape index (κ2) is 2.75.